The Morgan fingerprint density at radius 3 is 2.38 bits per heavy atom. The summed E-state index contributed by atoms with van der Waals surface area (Å²) in [6.07, 6.45) is -0.403. The van der Waals surface area contributed by atoms with Crippen LogP contribution in [0.1, 0.15) is 38.1 Å². The number of esters is 1. The van der Waals surface area contributed by atoms with Crippen LogP contribution in [-0.2, 0) is 14.3 Å². The van der Waals surface area contributed by atoms with Crippen LogP contribution >= 0.6 is 0 Å². The lowest BCUT2D eigenvalue weighted by Crippen LogP contribution is -2.36. The normalized spacial score (nSPS) is 10.7. The maximum Gasteiger partial charge on any atom is 0.410 e. The van der Waals surface area contributed by atoms with E-state index in [0.717, 1.165) is 0 Å². The van der Waals surface area contributed by atoms with Gasteiger partial charge in [-0.1, -0.05) is 0 Å². The van der Waals surface area contributed by atoms with Gasteiger partial charge in [0.25, 0.3) is 0 Å². The number of nitrogens with one attached hydrogen (secondary N) is 2. The zero-order chi connectivity index (χ0) is 19.9. The second-order valence-electron chi connectivity index (χ2n) is 6.76. The molecule has 0 heterocycles. The van der Waals surface area contributed by atoms with Crippen molar-refractivity contribution in [2.24, 2.45) is 0 Å². The number of hydrogen-bond acceptors (Lipinski definition) is 6. The molecule has 0 bridgehead atoms. The van der Waals surface area contributed by atoms with Crippen LogP contribution in [0.25, 0.3) is 0 Å². The molecule has 0 saturated carbocycles. The monoisotopic (exact) mass is 365 g/mol. The molecule has 1 rings (SSSR count). The highest BCUT2D eigenvalue weighted by molar-refractivity contribution is 6.01. The van der Waals surface area contributed by atoms with Crippen molar-refractivity contribution >= 4 is 29.3 Å². The Balaban J connectivity index is 2.71. The van der Waals surface area contributed by atoms with Gasteiger partial charge in [-0.3, -0.25) is 4.79 Å². The van der Waals surface area contributed by atoms with Crippen LogP contribution in [-0.4, -0.2) is 55.7 Å². The number of anilines is 2. The van der Waals surface area contributed by atoms with E-state index in [4.69, 9.17) is 9.47 Å². The minimum Gasteiger partial charge on any atom is -0.465 e. The van der Waals surface area contributed by atoms with Crippen LogP contribution in [0.2, 0.25) is 0 Å². The van der Waals surface area contributed by atoms with Crippen LogP contribution < -0.4 is 10.6 Å². The molecule has 2 amide bonds. The minimum absolute atomic E-state index is 0.263. The van der Waals surface area contributed by atoms with Crippen LogP contribution in [0.4, 0.5) is 16.2 Å². The zero-order valence-electron chi connectivity index (χ0n) is 16.1. The van der Waals surface area contributed by atoms with E-state index in [2.05, 4.69) is 10.6 Å². The molecule has 0 aliphatic rings. The van der Waals surface area contributed by atoms with Crippen molar-refractivity contribution in [1.82, 2.24) is 4.90 Å². The third kappa shape index (κ3) is 7.00. The van der Waals surface area contributed by atoms with Crippen molar-refractivity contribution < 1.29 is 23.9 Å². The predicted molar refractivity (Wildman–Crippen MR) is 99.4 cm³/mol. The van der Waals surface area contributed by atoms with Gasteiger partial charge in [0, 0.05) is 32.7 Å². The van der Waals surface area contributed by atoms with Gasteiger partial charge >= 0.3 is 12.1 Å². The number of ether oxygens (including phenoxy) is 2. The van der Waals surface area contributed by atoms with Gasteiger partial charge in [0.05, 0.1) is 18.4 Å². The molecule has 0 aliphatic carbocycles. The number of likely N-dealkylation sites (N-methyl/N-ethyl adjacent to an activating group) is 1. The molecule has 0 atom stereocenters. The van der Waals surface area contributed by atoms with Gasteiger partial charge in [-0.05, 0) is 39.0 Å². The summed E-state index contributed by atoms with van der Waals surface area (Å²) in [6.45, 7) is 7.67. The molecular weight excluding hydrogens is 338 g/mol. The topological polar surface area (TPSA) is 97.0 Å². The van der Waals surface area contributed by atoms with E-state index in [1.165, 1.54) is 18.9 Å². The fraction of sp³-hybridized carbons (Fsp3) is 0.500. The van der Waals surface area contributed by atoms with Gasteiger partial charge in [0.15, 0.2) is 0 Å². The molecule has 0 unspecified atom stereocenters. The zero-order valence-corrected chi connectivity index (χ0v) is 16.1. The molecule has 1 aromatic carbocycles. The van der Waals surface area contributed by atoms with Crippen LogP contribution in [0.5, 0.6) is 0 Å². The number of nitrogens with zero attached hydrogens (tertiary/aromatic N) is 1. The number of amides is 2. The summed E-state index contributed by atoms with van der Waals surface area (Å²) in [7, 11) is 2.93. The first-order chi connectivity index (χ1) is 12.0. The number of methoxy groups -OCH3 is 1. The molecule has 2 N–H and O–H groups in total. The first kappa shape index (κ1) is 21.3. The van der Waals surface area contributed by atoms with Gasteiger partial charge < -0.3 is 25.0 Å². The Labute approximate surface area is 153 Å². The standard InChI is InChI=1S/C18H27N3O5/c1-12(22)20-15-11-13(7-8-14(15)16(23)25-6)19-9-10-21(5)17(24)26-18(2,3)4/h7-8,11,19H,9-10H2,1-6H3,(H,20,22). The number of carbonyl (C=O) groups is 3. The third-order valence-electron chi connectivity index (χ3n) is 3.22. The van der Waals surface area contributed by atoms with E-state index in [9.17, 15) is 14.4 Å². The first-order valence-electron chi connectivity index (χ1n) is 8.21. The highest BCUT2D eigenvalue weighted by Gasteiger charge is 2.19. The quantitative estimate of drug-likeness (QED) is 0.753. The Morgan fingerprint density at radius 2 is 1.85 bits per heavy atom. The maximum absolute atomic E-state index is 11.9. The molecule has 0 saturated heterocycles. The molecule has 0 aliphatic heterocycles. The lowest BCUT2D eigenvalue weighted by molar-refractivity contribution is -0.114. The van der Waals surface area contributed by atoms with E-state index in [1.54, 1.807) is 25.2 Å². The lowest BCUT2D eigenvalue weighted by Gasteiger charge is -2.24. The number of carbonyl (C=O) groups excluding carboxylic acids is 3. The summed E-state index contributed by atoms with van der Waals surface area (Å²) < 4.78 is 9.99. The molecule has 144 valence electrons. The predicted octanol–water partition coefficient (Wildman–Crippen LogP) is 2.71. The fourth-order valence-electron chi connectivity index (χ4n) is 2.03. The van der Waals surface area contributed by atoms with Gasteiger partial charge in [0.1, 0.15) is 5.60 Å². The molecule has 1 aromatic rings. The van der Waals surface area contributed by atoms with Crippen molar-refractivity contribution in [1.29, 1.82) is 0 Å². The van der Waals surface area contributed by atoms with Crippen LogP contribution in [0.15, 0.2) is 18.2 Å². The fourth-order valence-corrected chi connectivity index (χ4v) is 2.03. The average molecular weight is 365 g/mol. The molecular formula is C18H27N3O5. The first-order valence-corrected chi connectivity index (χ1v) is 8.21. The molecule has 0 spiro atoms. The second kappa shape index (κ2) is 9.07. The molecule has 0 radical (unpaired) electrons. The van der Waals surface area contributed by atoms with Gasteiger partial charge in [0.2, 0.25) is 5.91 Å². The Morgan fingerprint density at radius 1 is 1.19 bits per heavy atom. The Kier molecular flexibility index (Phi) is 7.42. The van der Waals surface area contributed by atoms with Crippen LogP contribution in [0.3, 0.4) is 0 Å². The summed E-state index contributed by atoms with van der Waals surface area (Å²) in [6, 6.07) is 4.91. The van der Waals surface area contributed by atoms with E-state index < -0.39 is 17.7 Å². The Bertz CT molecular complexity index is 667. The summed E-state index contributed by atoms with van der Waals surface area (Å²) in [5.41, 5.74) is 0.767. The van der Waals surface area contributed by atoms with E-state index in [0.29, 0.717) is 24.5 Å². The third-order valence-corrected chi connectivity index (χ3v) is 3.22. The second-order valence-corrected chi connectivity index (χ2v) is 6.76. The molecule has 8 heteroatoms. The van der Waals surface area contributed by atoms with Crippen molar-refractivity contribution in [3.8, 4) is 0 Å². The largest absolute Gasteiger partial charge is 0.465 e. The average Bonchev–Trinajstić information content (AvgIpc) is 2.52. The SMILES string of the molecule is COC(=O)c1ccc(NCCN(C)C(=O)OC(C)(C)C)cc1NC(C)=O. The minimum atomic E-state index is -0.546. The highest BCUT2D eigenvalue weighted by Crippen LogP contribution is 2.22. The van der Waals surface area contributed by atoms with Gasteiger partial charge in [-0.15, -0.1) is 0 Å². The molecule has 0 aromatic heterocycles. The van der Waals surface area contributed by atoms with Crippen molar-refractivity contribution in [3.63, 3.8) is 0 Å². The summed E-state index contributed by atoms with van der Waals surface area (Å²) >= 11 is 0. The molecule has 8 nitrogen and oxygen atoms in total. The Hall–Kier alpha value is -2.77. The highest BCUT2D eigenvalue weighted by atomic mass is 16.6. The van der Waals surface area contributed by atoms with Gasteiger partial charge in [-0.25, -0.2) is 9.59 Å². The molecule has 0 fully saturated rings. The van der Waals surface area contributed by atoms with Crippen molar-refractivity contribution in [3.05, 3.63) is 23.8 Å². The van der Waals surface area contributed by atoms with E-state index >= 15 is 0 Å². The lowest BCUT2D eigenvalue weighted by atomic mass is 10.1. The number of benzene rings is 1. The summed E-state index contributed by atoms with van der Waals surface area (Å²) in [5, 5.41) is 5.75. The molecule has 26 heavy (non-hydrogen) atoms. The van der Waals surface area contributed by atoms with E-state index in [-0.39, 0.29) is 11.5 Å². The number of rotatable bonds is 6. The van der Waals surface area contributed by atoms with Gasteiger partial charge in [-0.2, -0.15) is 0 Å². The smallest absolute Gasteiger partial charge is 0.410 e. The van der Waals surface area contributed by atoms with Crippen molar-refractivity contribution in [2.75, 3.05) is 37.9 Å². The van der Waals surface area contributed by atoms with E-state index in [1.807, 2.05) is 20.8 Å². The summed E-state index contributed by atoms with van der Waals surface area (Å²) in [5.74, 6) is -0.832. The van der Waals surface area contributed by atoms with Crippen molar-refractivity contribution in [2.45, 2.75) is 33.3 Å². The maximum atomic E-state index is 11.9. The van der Waals surface area contributed by atoms with Crippen LogP contribution in [0, 0.1) is 0 Å². The summed E-state index contributed by atoms with van der Waals surface area (Å²) in [4.78, 5) is 36.5. The number of hydrogen-bond donors (Lipinski definition) is 2.